The number of guanidine groups is 1. The SMILES string of the molecule is CS(=O)(=O)Oc1cccc(C2(c3cccc(-c4cncnc4)c3)N=C(N)N3CCCN=C32)c1. The van der Waals surface area contributed by atoms with E-state index in [1.165, 1.54) is 6.33 Å². The summed E-state index contributed by atoms with van der Waals surface area (Å²) in [5.41, 5.74) is 8.65. The molecular formula is C23H22N6O3S. The summed E-state index contributed by atoms with van der Waals surface area (Å²) in [4.78, 5) is 19.9. The number of aromatic nitrogens is 2. The Kier molecular flexibility index (Phi) is 5.09. The van der Waals surface area contributed by atoms with Gasteiger partial charge in [-0.05, 0) is 41.3 Å². The molecule has 5 rings (SSSR count). The topological polar surface area (TPSA) is 123 Å². The van der Waals surface area contributed by atoms with E-state index in [1.807, 2.05) is 35.2 Å². The van der Waals surface area contributed by atoms with Crippen LogP contribution in [0.15, 0.2) is 77.2 Å². The molecule has 1 unspecified atom stereocenters. The first-order chi connectivity index (χ1) is 15.9. The van der Waals surface area contributed by atoms with Gasteiger partial charge >= 0.3 is 10.1 Å². The molecule has 0 amide bonds. The molecule has 2 aliphatic rings. The van der Waals surface area contributed by atoms with Crippen molar-refractivity contribution >= 4 is 21.9 Å². The molecule has 0 aliphatic carbocycles. The summed E-state index contributed by atoms with van der Waals surface area (Å²) in [6.45, 7) is 1.36. The van der Waals surface area contributed by atoms with E-state index < -0.39 is 15.7 Å². The fourth-order valence-corrected chi connectivity index (χ4v) is 4.75. The van der Waals surface area contributed by atoms with Crippen LogP contribution in [0.25, 0.3) is 11.1 Å². The van der Waals surface area contributed by atoms with Crippen molar-refractivity contribution in [3.8, 4) is 16.9 Å². The lowest BCUT2D eigenvalue weighted by Gasteiger charge is -2.33. The van der Waals surface area contributed by atoms with Crippen LogP contribution in [-0.2, 0) is 15.7 Å². The highest BCUT2D eigenvalue weighted by atomic mass is 32.2. The predicted octanol–water partition coefficient (Wildman–Crippen LogP) is 2.16. The number of fused-ring (bicyclic) bond motifs is 1. The highest BCUT2D eigenvalue weighted by Crippen LogP contribution is 2.43. The van der Waals surface area contributed by atoms with Crippen LogP contribution in [-0.4, -0.2) is 54.4 Å². The fraction of sp³-hybridized carbons (Fsp3) is 0.217. The zero-order valence-corrected chi connectivity index (χ0v) is 18.7. The van der Waals surface area contributed by atoms with Gasteiger partial charge in [0, 0.05) is 31.0 Å². The van der Waals surface area contributed by atoms with Crippen LogP contribution < -0.4 is 9.92 Å². The van der Waals surface area contributed by atoms with Crippen LogP contribution in [0.5, 0.6) is 5.75 Å². The minimum Gasteiger partial charge on any atom is -0.383 e. The highest BCUT2D eigenvalue weighted by molar-refractivity contribution is 7.86. The second-order valence-corrected chi connectivity index (χ2v) is 9.49. The van der Waals surface area contributed by atoms with E-state index in [1.54, 1.807) is 30.6 Å². The Morgan fingerprint density at radius 3 is 2.52 bits per heavy atom. The Labute approximate surface area is 191 Å². The zero-order chi connectivity index (χ0) is 23.1. The summed E-state index contributed by atoms with van der Waals surface area (Å²) in [6, 6.07) is 14.8. The predicted molar refractivity (Wildman–Crippen MR) is 125 cm³/mol. The van der Waals surface area contributed by atoms with Gasteiger partial charge in [-0.25, -0.2) is 15.0 Å². The van der Waals surface area contributed by atoms with Crippen molar-refractivity contribution in [1.82, 2.24) is 14.9 Å². The molecular weight excluding hydrogens is 440 g/mol. The largest absolute Gasteiger partial charge is 0.383 e. The van der Waals surface area contributed by atoms with Crippen molar-refractivity contribution in [3.63, 3.8) is 0 Å². The monoisotopic (exact) mass is 462 g/mol. The number of benzene rings is 2. The second kappa shape index (κ2) is 7.96. The minimum absolute atomic E-state index is 0.200. The molecule has 0 saturated heterocycles. The van der Waals surface area contributed by atoms with Gasteiger partial charge in [-0.1, -0.05) is 30.3 Å². The molecule has 33 heavy (non-hydrogen) atoms. The van der Waals surface area contributed by atoms with Crippen molar-refractivity contribution < 1.29 is 12.6 Å². The smallest absolute Gasteiger partial charge is 0.306 e. The number of rotatable bonds is 5. The van der Waals surface area contributed by atoms with Gasteiger partial charge in [0.1, 0.15) is 17.9 Å². The standard InChI is InChI=1S/C23H22N6O3S/c1-33(30,31)32-20-8-3-7-19(12-20)23(21-27-9-4-10-29(21)22(24)28-23)18-6-2-5-16(11-18)17-13-25-15-26-14-17/h2-3,5-8,11-15H,4,9-10H2,1H3,(H2,24,28). The molecule has 10 heteroatoms. The Morgan fingerprint density at radius 2 is 1.76 bits per heavy atom. The second-order valence-electron chi connectivity index (χ2n) is 7.91. The third-order valence-electron chi connectivity index (χ3n) is 5.61. The van der Waals surface area contributed by atoms with Gasteiger partial charge in [0.15, 0.2) is 11.5 Å². The molecule has 168 valence electrons. The normalized spacial score (nSPS) is 20.1. The van der Waals surface area contributed by atoms with Crippen LogP contribution in [0.1, 0.15) is 17.5 Å². The number of hydrogen-bond donors (Lipinski definition) is 1. The lowest BCUT2D eigenvalue weighted by Crippen LogP contribution is -2.46. The van der Waals surface area contributed by atoms with E-state index in [2.05, 4.69) is 9.97 Å². The van der Waals surface area contributed by atoms with Gasteiger partial charge in [-0.3, -0.25) is 9.89 Å². The number of nitrogens with zero attached hydrogens (tertiary/aromatic N) is 5. The number of amidine groups is 1. The molecule has 2 aromatic carbocycles. The maximum Gasteiger partial charge on any atom is 0.306 e. The Morgan fingerprint density at radius 1 is 1.03 bits per heavy atom. The molecule has 2 N–H and O–H groups in total. The lowest BCUT2D eigenvalue weighted by molar-refractivity contribution is 0.491. The van der Waals surface area contributed by atoms with Crippen molar-refractivity contribution in [2.75, 3.05) is 19.3 Å². The summed E-state index contributed by atoms with van der Waals surface area (Å²) < 4.78 is 28.7. The molecule has 2 aliphatic heterocycles. The lowest BCUT2D eigenvalue weighted by atomic mass is 9.81. The first kappa shape index (κ1) is 21.1. The molecule has 0 fully saturated rings. The third kappa shape index (κ3) is 3.82. The summed E-state index contributed by atoms with van der Waals surface area (Å²) >= 11 is 0. The first-order valence-corrected chi connectivity index (χ1v) is 12.2. The zero-order valence-electron chi connectivity index (χ0n) is 17.9. The Hall–Kier alpha value is -3.79. The summed E-state index contributed by atoms with van der Waals surface area (Å²) in [6.07, 6.45) is 6.86. The van der Waals surface area contributed by atoms with Crippen LogP contribution in [0.3, 0.4) is 0 Å². The molecule has 1 atom stereocenters. The Balaban J connectivity index is 1.73. The van der Waals surface area contributed by atoms with E-state index in [4.69, 9.17) is 19.9 Å². The number of aliphatic imine (C=N–C) groups is 2. The number of nitrogens with two attached hydrogens (primary N) is 1. The van der Waals surface area contributed by atoms with Crippen LogP contribution in [0.2, 0.25) is 0 Å². The maximum atomic E-state index is 11.8. The van der Waals surface area contributed by atoms with Crippen molar-refractivity contribution in [3.05, 3.63) is 78.4 Å². The Bertz CT molecular complexity index is 1370. The minimum atomic E-state index is -3.69. The van der Waals surface area contributed by atoms with Gasteiger partial charge in [-0.2, -0.15) is 8.42 Å². The molecule has 1 aromatic heterocycles. The summed E-state index contributed by atoms with van der Waals surface area (Å²) in [5, 5.41) is 0. The molecule has 3 heterocycles. The van der Waals surface area contributed by atoms with Crippen molar-refractivity contribution in [2.45, 2.75) is 12.0 Å². The average molecular weight is 463 g/mol. The molecule has 0 spiro atoms. The van der Waals surface area contributed by atoms with Crippen LogP contribution in [0, 0.1) is 0 Å². The van der Waals surface area contributed by atoms with Gasteiger partial charge in [0.05, 0.1) is 6.26 Å². The van der Waals surface area contributed by atoms with E-state index in [-0.39, 0.29) is 5.75 Å². The third-order valence-corrected chi connectivity index (χ3v) is 6.11. The fourth-order valence-electron chi connectivity index (χ4n) is 4.29. The summed E-state index contributed by atoms with van der Waals surface area (Å²) in [7, 11) is -3.69. The number of hydrogen-bond acceptors (Lipinski definition) is 9. The summed E-state index contributed by atoms with van der Waals surface area (Å²) in [5.74, 6) is 1.28. The van der Waals surface area contributed by atoms with Crippen molar-refractivity contribution in [1.29, 1.82) is 0 Å². The maximum absolute atomic E-state index is 11.8. The van der Waals surface area contributed by atoms with Gasteiger partial charge in [0.2, 0.25) is 0 Å². The van der Waals surface area contributed by atoms with Crippen molar-refractivity contribution in [2.24, 2.45) is 15.7 Å². The first-order valence-electron chi connectivity index (χ1n) is 10.4. The van der Waals surface area contributed by atoms with Gasteiger partial charge in [0.25, 0.3) is 0 Å². The quantitative estimate of drug-likeness (QED) is 0.576. The van der Waals surface area contributed by atoms with Gasteiger partial charge in [-0.15, -0.1) is 0 Å². The molecule has 3 aromatic rings. The van der Waals surface area contributed by atoms with E-state index >= 15 is 0 Å². The van der Waals surface area contributed by atoms with E-state index in [9.17, 15) is 8.42 Å². The highest BCUT2D eigenvalue weighted by Gasteiger charge is 2.49. The average Bonchev–Trinajstić information content (AvgIpc) is 3.13. The van der Waals surface area contributed by atoms with Gasteiger partial charge < -0.3 is 9.92 Å². The van der Waals surface area contributed by atoms with Crippen LogP contribution in [0.4, 0.5) is 0 Å². The van der Waals surface area contributed by atoms with E-state index in [0.29, 0.717) is 30.4 Å². The molecule has 0 saturated carbocycles. The molecule has 0 radical (unpaired) electrons. The molecule has 0 bridgehead atoms. The van der Waals surface area contributed by atoms with Crippen LogP contribution >= 0.6 is 0 Å². The molecule has 9 nitrogen and oxygen atoms in total. The van der Waals surface area contributed by atoms with E-state index in [0.717, 1.165) is 29.4 Å².